The Labute approximate surface area is 133 Å². The van der Waals surface area contributed by atoms with E-state index in [0.29, 0.717) is 0 Å². The van der Waals surface area contributed by atoms with Crippen LogP contribution in [0, 0.1) is 0 Å². The van der Waals surface area contributed by atoms with E-state index < -0.39 is 26.6 Å². The number of rotatable bonds is 13. The molecule has 0 saturated carbocycles. The van der Waals surface area contributed by atoms with Crippen LogP contribution >= 0.6 is 15.2 Å². The fourth-order valence-corrected chi connectivity index (χ4v) is 7.46. The molecule has 0 aromatic carbocycles. The molecule has 0 radical (unpaired) electrons. The first-order valence-corrected chi connectivity index (χ1v) is 10.8. The lowest BCUT2D eigenvalue weighted by atomic mass is 10.2. The molecule has 0 bridgehead atoms. The van der Waals surface area contributed by atoms with Gasteiger partial charge in [-0.3, -0.25) is 9.13 Å². The van der Waals surface area contributed by atoms with Crippen LogP contribution in [0.4, 0.5) is 0 Å². The van der Waals surface area contributed by atoms with Gasteiger partial charge < -0.3 is 29.6 Å². The zero-order chi connectivity index (χ0) is 17.2. The van der Waals surface area contributed by atoms with Gasteiger partial charge in [0.1, 0.15) is 0 Å². The average molecular weight is 360 g/mol. The first kappa shape index (κ1) is 22.2. The summed E-state index contributed by atoms with van der Waals surface area (Å²) in [6.45, 7) is 7.43. The summed E-state index contributed by atoms with van der Waals surface area (Å²) in [5, 5.41) is -1.10. The number of hydrogen-bond donors (Lipinski definition) is 2. The van der Waals surface area contributed by atoms with E-state index in [9.17, 15) is 9.13 Å². The normalized spacial score (nSPS) is 14.5. The highest BCUT2D eigenvalue weighted by Gasteiger charge is 2.51. The molecular weight excluding hydrogens is 330 g/mol. The molecule has 0 aromatic heterocycles. The predicted octanol–water partition coefficient (Wildman–Crippen LogP) is 2.52. The van der Waals surface area contributed by atoms with Crippen molar-refractivity contribution in [3.05, 3.63) is 0 Å². The van der Waals surface area contributed by atoms with Gasteiger partial charge in [0.05, 0.1) is 26.4 Å². The van der Waals surface area contributed by atoms with E-state index in [1.165, 1.54) is 0 Å². The summed E-state index contributed by atoms with van der Waals surface area (Å²) < 4.78 is 47.5. The second kappa shape index (κ2) is 10.9. The van der Waals surface area contributed by atoms with Crippen LogP contribution in [-0.2, 0) is 27.2 Å². The van der Waals surface area contributed by atoms with Crippen LogP contribution in [0.3, 0.4) is 0 Å². The molecule has 0 fully saturated rings. The lowest BCUT2D eigenvalue weighted by Crippen LogP contribution is -2.34. The van der Waals surface area contributed by atoms with E-state index in [2.05, 4.69) is 0 Å². The van der Waals surface area contributed by atoms with E-state index in [-0.39, 0.29) is 39.4 Å². The van der Waals surface area contributed by atoms with Crippen molar-refractivity contribution in [2.45, 2.75) is 45.6 Å². The summed E-state index contributed by atoms with van der Waals surface area (Å²) in [5.41, 5.74) is 11.4. The molecule has 1 atom stereocenters. The molecule has 0 spiro atoms. The van der Waals surface area contributed by atoms with Crippen molar-refractivity contribution in [3.63, 3.8) is 0 Å². The molecule has 0 aliphatic heterocycles. The van der Waals surface area contributed by atoms with Gasteiger partial charge in [0.2, 0.25) is 0 Å². The van der Waals surface area contributed by atoms with Crippen LogP contribution in [0.15, 0.2) is 0 Å². The van der Waals surface area contributed by atoms with Crippen molar-refractivity contribution in [1.82, 2.24) is 0 Å². The minimum Gasteiger partial charge on any atom is -0.329 e. The molecule has 0 aliphatic carbocycles. The Morgan fingerprint density at radius 2 is 1.14 bits per heavy atom. The van der Waals surface area contributed by atoms with Crippen LogP contribution in [-0.4, -0.2) is 44.4 Å². The van der Waals surface area contributed by atoms with Gasteiger partial charge in [-0.15, -0.1) is 0 Å². The Morgan fingerprint density at radius 3 is 1.36 bits per heavy atom. The fourth-order valence-electron chi connectivity index (χ4n) is 1.94. The molecule has 1 unspecified atom stereocenters. The van der Waals surface area contributed by atoms with Crippen LogP contribution in [0.2, 0.25) is 0 Å². The molecule has 0 rings (SSSR count). The van der Waals surface area contributed by atoms with Gasteiger partial charge in [0, 0.05) is 12.6 Å². The Balaban J connectivity index is 5.74. The van der Waals surface area contributed by atoms with E-state index in [1.807, 2.05) is 0 Å². The van der Waals surface area contributed by atoms with E-state index in [4.69, 9.17) is 29.6 Å². The maximum absolute atomic E-state index is 13.1. The largest absolute Gasteiger partial charge is 0.345 e. The van der Waals surface area contributed by atoms with Gasteiger partial charge in [-0.05, 0) is 34.1 Å². The summed E-state index contributed by atoms with van der Waals surface area (Å²) >= 11 is 0. The molecule has 134 valence electrons. The predicted molar refractivity (Wildman–Crippen MR) is 87.2 cm³/mol. The Morgan fingerprint density at radius 1 is 0.818 bits per heavy atom. The van der Waals surface area contributed by atoms with Crippen LogP contribution in [0.5, 0.6) is 0 Å². The molecule has 22 heavy (non-hydrogen) atoms. The van der Waals surface area contributed by atoms with Crippen LogP contribution in [0.25, 0.3) is 0 Å². The highest BCUT2D eigenvalue weighted by atomic mass is 31.2. The molecule has 4 N–H and O–H groups in total. The maximum Gasteiger partial charge on any atom is 0.345 e. The van der Waals surface area contributed by atoms with Gasteiger partial charge in [0.15, 0.2) is 5.40 Å². The Hall–Kier alpha value is 0.220. The quantitative estimate of drug-likeness (QED) is 0.480. The van der Waals surface area contributed by atoms with Crippen molar-refractivity contribution >= 4 is 15.2 Å². The third kappa shape index (κ3) is 6.38. The summed E-state index contributed by atoms with van der Waals surface area (Å²) in [6.07, 6.45) is 0.0606. The zero-order valence-corrected chi connectivity index (χ0v) is 15.7. The molecule has 8 nitrogen and oxygen atoms in total. The molecular formula is C12H30N2O6P2. The van der Waals surface area contributed by atoms with Crippen molar-refractivity contribution < 1.29 is 27.2 Å². The topological polar surface area (TPSA) is 123 Å². The lowest BCUT2D eigenvalue weighted by molar-refractivity contribution is 0.192. The highest BCUT2D eigenvalue weighted by molar-refractivity contribution is 7.72. The minimum absolute atomic E-state index is 0.0606. The highest BCUT2D eigenvalue weighted by Crippen LogP contribution is 2.71. The molecule has 0 aromatic rings. The van der Waals surface area contributed by atoms with Crippen molar-refractivity contribution in [3.8, 4) is 0 Å². The van der Waals surface area contributed by atoms with Gasteiger partial charge in [-0.1, -0.05) is 0 Å². The standard InChI is InChI=1S/C12H30N2O6P2/c1-5-17-21(15,18-6-2)12(9-11(14)10-13)22(16,19-7-3)20-8-4/h11-12H,5-10,13-14H2,1-4H3. The van der Waals surface area contributed by atoms with E-state index >= 15 is 0 Å². The van der Waals surface area contributed by atoms with Gasteiger partial charge in [-0.25, -0.2) is 0 Å². The Bertz CT molecular complexity index is 346. The minimum atomic E-state index is -3.73. The van der Waals surface area contributed by atoms with Crippen molar-refractivity contribution in [1.29, 1.82) is 0 Å². The second-order valence-corrected chi connectivity index (χ2v) is 9.31. The SMILES string of the molecule is CCOP(=O)(OCC)C(CC(N)CN)P(=O)(OCC)OCC. The number of nitrogens with two attached hydrogens (primary N) is 2. The monoisotopic (exact) mass is 360 g/mol. The smallest absolute Gasteiger partial charge is 0.329 e. The van der Waals surface area contributed by atoms with E-state index in [0.717, 1.165) is 0 Å². The van der Waals surface area contributed by atoms with Gasteiger partial charge in [0.25, 0.3) is 0 Å². The maximum atomic E-state index is 13.1. The average Bonchev–Trinajstić information content (AvgIpc) is 2.45. The van der Waals surface area contributed by atoms with Crippen LogP contribution in [0.1, 0.15) is 34.1 Å². The molecule has 0 aliphatic rings. The Kier molecular flexibility index (Phi) is 11.0. The van der Waals surface area contributed by atoms with Gasteiger partial charge >= 0.3 is 15.2 Å². The first-order chi connectivity index (χ1) is 10.3. The summed E-state index contributed by atoms with van der Waals surface area (Å²) in [4.78, 5) is 0. The molecule has 0 amide bonds. The second-order valence-electron chi connectivity index (χ2n) is 4.46. The van der Waals surface area contributed by atoms with Crippen molar-refractivity contribution in [2.75, 3.05) is 33.0 Å². The lowest BCUT2D eigenvalue weighted by Gasteiger charge is -2.32. The first-order valence-electron chi connectivity index (χ1n) is 7.56. The summed E-state index contributed by atoms with van der Waals surface area (Å²) in [5.74, 6) is 0. The fraction of sp³-hybridized carbons (Fsp3) is 1.00. The van der Waals surface area contributed by atoms with E-state index in [1.54, 1.807) is 27.7 Å². The number of hydrogen-bond acceptors (Lipinski definition) is 8. The molecule has 0 heterocycles. The summed E-state index contributed by atoms with van der Waals surface area (Å²) in [6, 6.07) is -0.520. The molecule has 0 saturated heterocycles. The van der Waals surface area contributed by atoms with Crippen molar-refractivity contribution in [2.24, 2.45) is 11.5 Å². The third-order valence-electron chi connectivity index (χ3n) is 2.78. The molecule has 10 heteroatoms. The zero-order valence-electron chi connectivity index (χ0n) is 13.9. The van der Waals surface area contributed by atoms with Crippen LogP contribution < -0.4 is 11.5 Å². The summed E-state index contributed by atoms with van der Waals surface area (Å²) in [7, 11) is -7.45. The van der Waals surface area contributed by atoms with Gasteiger partial charge in [-0.2, -0.15) is 0 Å². The third-order valence-corrected chi connectivity index (χ3v) is 8.83.